The minimum atomic E-state index is 0.157. The van der Waals surface area contributed by atoms with Crippen molar-refractivity contribution in [3.05, 3.63) is 17.5 Å². The van der Waals surface area contributed by atoms with Crippen LogP contribution in [0.4, 0.5) is 0 Å². The maximum absolute atomic E-state index is 5.84. The number of nitrogens with zero attached hydrogens (tertiary/aromatic N) is 2. The number of guanidine groups is 1. The summed E-state index contributed by atoms with van der Waals surface area (Å²) in [6.07, 6.45) is 1.20. The summed E-state index contributed by atoms with van der Waals surface area (Å²) in [5.41, 5.74) is 0.957. The summed E-state index contributed by atoms with van der Waals surface area (Å²) in [5.74, 6) is 1.87. The smallest absolute Gasteiger partial charge is 0.191 e. The molecule has 2 atom stereocenters. The highest BCUT2D eigenvalue weighted by Gasteiger charge is 2.17. The number of ether oxygens (including phenoxy) is 2. The minimum absolute atomic E-state index is 0.157. The molecule has 2 unspecified atom stereocenters. The summed E-state index contributed by atoms with van der Waals surface area (Å²) < 4.78 is 16.5. The van der Waals surface area contributed by atoms with Crippen LogP contribution in [-0.4, -0.2) is 49.6 Å². The van der Waals surface area contributed by atoms with Crippen molar-refractivity contribution in [3.8, 4) is 0 Å². The van der Waals surface area contributed by atoms with E-state index < -0.39 is 0 Å². The molecule has 7 heteroatoms. The standard InChI is InChI=1S/C17H30N4O3/c1-5-18-17(19-9-15-8-16(12(2)3)21-24-15)20-13(4)10-23-14-6-7-22-11-14/h8,12-14H,5-7,9-11H2,1-4H3,(H2,18,19,20). The zero-order chi connectivity index (χ0) is 17.4. The number of rotatable bonds is 8. The van der Waals surface area contributed by atoms with Crippen LogP contribution in [0.5, 0.6) is 0 Å². The molecule has 0 bridgehead atoms. The van der Waals surface area contributed by atoms with Gasteiger partial charge in [0.2, 0.25) is 0 Å². The van der Waals surface area contributed by atoms with Crippen LogP contribution >= 0.6 is 0 Å². The van der Waals surface area contributed by atoms with Gasteiger partial charge in [0.25, 0.3) is 0 Å². The molecule has 1 aromatic heterocycles. The van der Waals surface area contributed by atoms with Crippen molar-refractivity contribution < 1.29 is 14.0 Å². The van der Waals surface area contributed by atoms with Crippen LogP contribution in [0.25, 0.3) is 0 Å². The second kappa shape index (κ2) is 9.64. The van der Waals surface area contributed by atoms with E-state index in [4.69, 9.17) is 14.0 Å². The summed E-state index contributed by atoms with van der Waals surface area (Å²) in [4.78, 5) is 4.56. The van der Waals surface area contributed by atoms with Crippen LogP contribution in [0.1, 0.15) is 51.5 Å². The van der Waals surface area contributed by atoms with Crippen LogP contribution in [0.3, 0.4) is 0 Å². The SMILES string of the molecule is CCNC(=NCc1cc(C(C)C)no1)NC(C)COC1CCOC1. The third-order valence-corrected chi connectivity index (χ3v) is 3.76. The molecule has 0 spiro atoms. The largest absolute Gasteiger partial charge is 0.379 e. The highest BCUT2D eigenvalue weighted by atomic mass is 16.5. The predicted molar refractivity (Wildman–Crippen MR) is 93.2 cm³/mol. The highest BCUT2D eigenvalue weighted by Crippen LogP contribution is 2.14. The molecule has 2 rings (SSSR count). The van der Waals surface area contributed by atoms with Gasteiger partial charge in [-0.2, -0.15) is 0 Å². The summed E-state index contributed by atoms with van der Waals surface area (Å²) in [7, 11) is 0. The summed E-state index contributed by atoms with van der Waals surface area (Å²) in [6.45, 7) is 11.7. The molecule has 2 heterocycles. The summed E-state index contributed by atoms with van der Waals surface area (Å²) >= 11 is 0. The van der Waals surface area contributed by atoms with E-state index in [2.05, 4.69) is 41.6 Å². The van der Waals surface area contributed by atoms with E-state index in [1.807, 2.05) is 13.0 Å². The average Bonchev–Trinajstić information content (AvgIpc) is 3.22. The molecule has 0 radical (unpaired) electrons. The number of nitrogens with one attached hydrogen (secondary N) is 2. The molecular weight excluding hydrogens is 308 g/mol. The van der Waals surface area contributed by atoms with Gasteiger partial charge in [0.15, 0.2) is 11.7 Å². The fourth-order valence-corrected chi connectivity index (χ4v) is 2.35. The van der Waals surface area contributed by atoms with Gasteiger partial charge in [-0.05, 0) is 26.2 Å². The van der Waals surface area contributed by atoms with E-state index in [0.29, 0.717) is 25.7 Å². The molecule has 1 aromatic rings. The molecule has 7 nitrogen and oxygen atoms in total. The Kier molecular flexibility index (Phi) is 7.52. The first-order chi connectivity index (χ1) is 11.6. The van der Waals surface area contributed by atoms with E-state index in [1.165, 1.54) is 0 Å². The van der Waals surface area contributed by atoms with Gasteiger partial charge in [-0.3, -0.25) is 0 Å². The molecule has 1 aliphatic heterocycles. The summed E-state index contributed by atoms with van der Waals surface area (Å²) in [5, 5.41) is 10.6. The topological polar surface area (TPSA) is 80.9 Å². The van der Waals surface area contributed by atoms with Gasteiger partial charge in [-0.25, -0.2) is 4.99 Å². The van der Waals surface area contributed by atoms with Crippen LogP contribution < -0.4 is 10.6 Å². The number of hydrogen-bond donors (Lipinski definition) is 2. The lowest BCUT2D eigenvalue weighted by atomic mass is 10.1. The normalized spacial score (nSPS) is 19.7. The Morgan fingerprint density at radius 3 is 2.92 bits per heavy atom. The van der Waals surface area contributed by atoms with Crippen LogP contribution in [0.15, 0.2) is 15.6 Å². The highest BCUT2D eigenvalue weighted by molar-refractivity contribution is 5.80. The van der Waals surface area contributed by atoms with Crippen molar-refractivity contribution in [1.82, 2.24) is 15.8 Å². The average molecular weight is 338 g/mol. The Morgan fingerprint density at radius 1 is 1.46 bits per heavy atom. The van der Waals surface area contributed by atoms with E-state index in [1.54, 1.807) is 0 Å². The van der Waals surface area contributed by atoms with E-state index in [0.717, 1.165) is 37.0 Å². The predicted octanol–water partition coefficient (Wildman–Crippen LogP) is 2.05. The van der Waals surface area contributed by atoms with Gasteiger partial charge in [0, 0.05) is 25.3 Å². The third kappa shape index (κ3) is 6.13. The molecule has 1 fully saturated rings. The lowest BCUT2D eigenvalue weighted by Crippen LogP contribution is -2.44. The van der Waals surface area contributed by atoms with Crippen molar-refractivity contribution in [2.75, 3.05) is 26.4 Å². The van der Waals surface area contributed by atoms with E-state index in [9.17, 15) is 0 Å². The molecular formula is C17H30N4O3. The second-order valence-corrected chi connectivity index (χ2v) is 6.43. The molecule has 0 aromatic carbocycles. The molecule has 1 saturated heterocycles. The maximum Gasteiger partial charge on any atom is 0.191 e. The van der Waals surface area contributed by atoms with E-state index >= 15 is 0 Å². The summed E-state index contributed by atoms with van der Waals surface area (Å²) in [6, 6.07) is 2.12. The maximum atomic E-state index is 5.84. The first-order valence-electron chi connectivity index (χ1n) is 8.78. The molecule has 1 aliphatic rings. The fourth-order valence-electron chi connectivity index (χ4n) is 2.35. The lowest BCUT2D eigenvalue weighted by Gasteiger charge is -2.19. The first-order valence-corrected chi connectivity index (χ1v) is 8.78. The zero-order valence-electron chi connectivity index (χ0n) is 15.2. The van der Waals surface area contributed by atoms with Crippen LogP contribution in [0.2, 0.25) is 0 Å². The second-order valence-electron chi connectivity index (χ2n) is 6.43. The van der Waals surface area contributed by atoms with Gasteiger partial charge < -0.3 is 24.6 Å². The third-order valence-electron chi connectivity index (χ3n) is 3.76. The van der Waals surface area contributed by atoms with Gasteiger partial charge in [0.05, 0.1) is 25.0 Å². The van der Waals surface area contributed by atoms with E-state index in [-0.39, 0.29) is 12.1 Å². The molecule has 24 heavy (non-hydrogen) atoms. The van der Waals surface area contributed by atoms with Crippen molar-refractivity contribution in [2.24, 2.45) is 4.99 Å². The van der Waals surface area contributed by atoms with Gasteiger partial charge >= 0.3 is 0 Å². The Balaban J connectivity index is 1.82. The van der Waals surface area contributed by atoms with Crippen molar-refractivity contribution >= 4 is 5.96 Å². The number of aliphatic imine (C=N–C) groups is 1. The molecule has 2 N–H and O–H groups in total. The van der Waals surface area contributed by atoms with Crippen LogP contribution in [-0.2, 0) is 16.0 Å². The van der Waals surface area contributed by atoms with Gasteiger partial charge in [-0.15, -0.1) is 0 Å². The Hall–Kier alpha value is -1.60. The Labute approximate surface area is 144 Å². The van der Waals surface area contributed by atoms with Crippen molar-refractivity contribution in [1.29, 1.82) is 0 Å². The molecule has 136 valence electrons. The minimum Gasteiger partial charge on any atom is -0.379 e. The lowest BCUT2D eigenvalue weighted by molar-refractivity contribution is 0.0347. The van der Waals surface area contributed by atoms with Crippen LogP contribution in [0, 0.1) is 0 Å². The van der Waals surface area contributed by atoms with Crippen molar-refractivity contribution in [3.63, 3.8) is 0 Å². The molecule has 0 amide bonds. The fraction of sp³-hybridized carbons (Fsp3) is 0.765. The zero-order valence-corrected chi connectivity index (χ0v) is 15.2. The van der Waals surface area contributed by atoms with Gasteiger partial charge in [-0.1, -0.05) is 19.0 Å². The molecule has 0 aliphatic carbocycles. The number of hydrogen-bond acceptors (Lipinski definition) is 5. The monoisotopic (exact) mass is 338 g/mol. The Morgan fingerprint density at radius 2 is 2.29 bits per heavy atom. The quantitative estimate of drug-likeness (QED) is 0.558. The number of aromatic nitrogens is 1. The van der Waals surface area contributed by atoms with Gasteiger partial charge in [0.1, 0.15) is 6.54 Å². The Bertz CT molecular complexity index is 510. The first kappa shape index (κ1) is 18.7. The van der Waals surface area contributed by atoms with Crippen molar-refractivity contribution in [2.45, 2.75) is 58.7 Å². The molecule has 0 saturated carbocycles.